The van der Waals surface area contributed by atoms with E-state index in [1.54, 1.807) is 0 Å². The van der Waals surface area contributed by atoms with Crippen LogP contribution in [0, 0.1) is 0 Å². The number of rotatable bonds is 3. The molecular formula is C7H16N2O. The van der Waals surface area contributed by atoms with Crippen LogP contribution in [0.1, 0.15) is 19.3 Å². The molecule has 1 fully saturated rings. The maximum Gasteiger partial charge on any atom is 0.0702 e. The van der Waals surface area contributed by atoms with Crippen LogP contribution in [-0.2, 0) is 4.74 Å². The quantitative estimate of drug-likeness (QED) is 0.578. The van der Waals surface area contributed by atoms with Crippen LogP contribution in [0.5, 0.6) is 0 Å². The van der Waals surface area contributed by atoms with Crippen molar-refractivity contribution < 1.29 is 4.74 Å². The fourth-order valence-electron chi connectivity index (χ4n) is 1.35. The van der Waals surface area contributed by atoms with Gasteiger partial charge in [-0.05, 0) is 25.8 Å². The topological polar surface area (TPSA) is 61.3 Å². The normalized spacial score (nSPS) is 33.0. The summed E-state index contributed by atoms with van der Waals surface area (Å²) in [4.78, 5) is 0. The van der Waals surface area contributed by atoms with Crippen LogP contribution in [0.15, 0.2) is 0 Å². The van der Waals surface area contributed by atoms with E-state index in [-0.39, 0.29) is 0 Å². The minimum absolute atomic E-state index is 0.302. The monoisotopic (exact) mass is 144 g/mol. The van der Waals surface area contributed by atoms with Gasteiger partial charge < -0.3 is 16.2 Å². The summed E-state index contributed by atoms with van der Waals surface area (Å²) >= 11 is 0. The van der Waals surface area contributed by atoms with Crippen LogP contribution < -0.4 is 11.5 Å². The lowest BCUT2D eigenvalue weighted by Gasteiger charge is -2.10. The van der Waals surface area contributed by atoms with Crippen LogP contribution in [0.2, 0.25) is 0 Å². The minimum atomic E-state index is 0.302. The van der Waals surface area contributed by atoms with Gasteiger partial charge in [0.15, 0.2) is 0 Å². The molecule has 4 N–H and O–H groups in total. The lowest BCUT2D eigenvalue weighted by atomic mass is 10.1. The molecule has 0 bridgehead atoms. The average Bonchev–Trinajstić information content (AvgIpc) is 2.37. The highest BCUT2D eigenvalue weighted by molar-refractivity contribution is 4.73. The summed E-state index contributed by atoms with van der Waals surface area (Å²) < 4.78 is 5.55. The summed E-state index contributed by atoms with van der Waals surface area (Å²) in [5, 5.41) is 0. The molecular weight excluding hydrogens is 128 g/mol. The fourth-order valence-corrected chi connectivity index (χ4v) is 1.35. The summed E-state index contributed by atoms with van der Waals surface area (Å²) in [6.07, 6.45) is 3.92. The van der Waals surface area contributed by atoms with E-state index in [0.717, 1.165) is 25.8 Å². The van der Waals surface area contributed by atoms with E-state index in [9.17, 15) is 0 Å². The smallest absolute Gasteiger partial charge is 0.0702 e. The molecule has 0 amide bonds. The Hall–Kier alpha value is -0.120. The van der Waals surface area contributed by atoms with Gasteiger partial charge in [0.1, 0.15) is 0 Å². The predicted octanol–water partition coefficient (Wildman–Crippen LogP) is -0.158. The van der Waals surface area contributed by atoms with Crippen molar-refractivity contribution in [3.63, 3.8) is 0 Å². The lowest BCUT2D eigenvalue weighted by molar-refractivity contribution is 0.0470. The van der Waals surface area contributed by atoms with Gasteiger partial charge in [-0.1, -0.05) is 0 Å². The molecule has 1 rings (SSSR count). The van der Waals surface area contributed by atoms with Crippen molar-refractivity contribution in [3.8, 4) is 0 Å². The molecule has 0 radical (unpaired) electrons. The molecule has 0 spiro atoms. The second-order valence-corrected chi connectivity index (χ2v) is 2.77. The Morgan fingerprint density at radius 2 is 1.90 bits per heavy atom. The summed E-state index contributed by atoms with van der Waals surface area (Å²) in [6, 6.07) is 0. The van der Waals surface area contributed by atoms with Crippen molar-refractivity contribution >= 4 is 0 Å². The Kier molecular flexibility index (Phi) is 3.12. The molecule has 1 aliphatic heterocycles. The van der Waals surface area contributed by atoms with Gasteiger partial charge in [0.05, 0.1) is 12.2 Å². The molecule has 1 aliphatic rings. The first kappa shape index (κ1) is 7.98. The van der Waals surface area contributed by atoms with Gasteiger partial charge in [-0.25, -0.2) is 0 Å². The third kappa shape index (κ3) is 1.94. The molecule has 1 heterocycles. The van der Waals surface area contributed by atoms with E-state index in [0.29, 0.717) is 18.8 Å². The molecule has 10 heavy (non-hydrogen) atoms. The molecule has 0 aliphatic carbocycles. The second kappa shape index (κ2) is 3.91. The van der Waals surface area contributed by atoms with Crippen LogP contribution in [0.4, 0.5) is 0 Å². The van der Waals surface area contributed by atoms with Crippen LogP contribution in [-0.4, -0.2) is 25.3 Å². The average molecular weight is 144 g/mol. The highest BCUT2D eigenvalue weighted by atomic mass is 16.5. The van der Waals surface area contributed by atoms with Gasteiger partial charge in [0, 0.05) is 6.54 Å². The van der Waals surface area contributed by atoms with Crippen molar-refractivity contribution in [3.05, 3.63) is 0 Å². The number of nitrogens with two attached hydrogens (primary N) is 2. The highest BCUT2D eigenvalue weighted by Crippen LogP contribution is 2.20. The molecule has 0 unspecified atom stereocenters. The number of hydrogen-bond donors (Lipinski definition) is 2. The number of ether oxygens (including phenoxy) is 1. The Bertz CT molecular complexity index is 97.6. The van der Waals surface area contributed by atoms with Gasteiger partial charge in [0.25, 0.3) is 0 Å². The highest BCUT2D eigenvalue weighted by Gasteiger charge is 2.22. The first-order chi connectivity index (χ1) is 4.86. The van der Waals surface area contributed by atoms with Crippen molar-refractivity contribution in [1.29, 1.82) is 0 Å². The molecule has 60 valence electrons. The molecule has 3 nitrogen and oxygen atoms in total. The Morgan fingerprint density at radius 1 is 1.20 bits per heavy atom. The predicted molar refractivity (Wildman–Crippen MR) is 40.6 cm³/mol. The van der Waals surface area contributed by atoms with Gasteiger partial charge in [0.2, 0.25) is 0 Å². The molecule has 0 saturated carbocycles. The van der Waals surface area contributed by atoms with Crippen molar-refractivity contribution in [2.75, 3.05) is 13.1 Å². The SMILES string of the molecule is NCC[C@H]1CC[C@@H](CN)O1. The van der Waals surface area contributed by atoms with Crippen molar-refractivity contribution in [1.82, 2.24) is 0 Å². The third-order valence-electron chi connectivity index (χ3n) is 1.95. The summed E-state index contributed by atoms with van der Waals surface area (Å²) in [7, 11) is 0. The van der Waals surface area contributed by atoms with Crippen LogP contribution in [0.3, 0.4) is 0 Å². The van der Waals surface area contributed by atoms with E-state index in [1.807, 2.05) is 0 Å². The largest absolute Gasteiger partial charge is 0.374 e. The second-order valence-electron chi connectivity index (χ2n) is 2.77. The van der Waals surface area contributed by atoms with Crippen molar-refractivity contribution in [2.45, 2.75) is 31.5 Å². The maximum atomic E-state index is 5.55. The van der Waals surface area contributed by atoms with Crippen molar-refractivity contribution in [2.24, 2.45) is 11.5 Å². The molecule has 1 saturated heterocycles. The standard InChI is InChI=1S/C7H16N2O/c8-4-3-6-1-2-7(5-9)10-6/h6-7H,1-5,8-9H2/t6-,7+/m1/s1. The van der Waals surface area contributed by atoms with Gasteiger partial charge in [-0.3, -0.25) is 0 Å². The zero-order chi connectivity index (χ0) is 7.40. The molecule has 0 aromatic rings. The molecule has 3 heteroatoms. The van der Waals surface area contributed by atoms with E-state index < -0.39 is 0 Å². The first-order valence-corrected chi connectivity index (χ1v) is 3.92. The summed E-state index contributed by atoms with van der Waals surface area (Å²) in [5.41, 5.74) is 10.8. The molecule has 0 aromatic heterocycles. The Morgan fingerprint density at radius 3 is 2.40 bits per heavy atom. The van der Waals surface area contributed by atoms with Gasteiger partial charge in [-0.15, -0.1) is 0 Å². The summed E-state index contributed by atoms with van der Waals surface area (Å²) in [5.74, 6) is 0. The number of hydrogen-bond acceptors (Lipinski definition) is 3. The summed E-state index contributed by atoms with van der Waals surface area (Å²) in [6.45, 7) is 1.38. The Balaban J connectivity index is 2.15. The van der Waals surface area contributed by atoms with E-state index in [1.165, 1.54) is 0 Å². The van der Waals surface area contributed by atoms with Gasteiger partial charge >= 0.3 is 0 Å². The fraction of sp³-hybridized carbons (Fsp3) is 1.00. The molecule has 0 aromatic carbocycles. The zero-order valence-corrected chi connectivity index (χ0v) is 6.25. The van der Waals surface area contributed by atoms with E-state index >= 15 is 0 Å². The first-order valence-electron chi connectivity index (χ1n) is 3.92. The van der Waals surface area contributed by atoms with Crippen LogP contribution in [0.25, 0.3) is 0 Å². The minimum Gasteiger partial charge on any atom is -0.374 e. The maximum absolute atomic E-state index is 5.55. The van der Waals surface area contributed by atoms with E-state index in [2.05, 4.69) is 0 Å². The Labute approximate surface area is 61.7 Å². The lowest BCUT2D eigenvalue weighted by Crippen LogP contribution is -2.21. The molecule has 2 atom stereocenters. The van der Waals surface area contributed by atoms with Crippen LogP contribution >= 0.6 is 0 Å². The van der Waals surface area contributed by atoms with E-state index in [4.69, 9.17) is 16.2 Å². The zero-order valence-electron chi connectivity index (χ0n) is 6.25. The van der Waals surface area contributed by atoms with Gasteiger partial charge in [-0.2, -0.15) is 0 Å². The third-order valence-corrected chi connectivity index (χ3v) is 1.95.